The maximum absolute atomic E-state index is 14.2. The van der Waals surface area contributed by atoms with Crippen molar-refractivity contribution in [3.05, 3.63) is 87.5 Å². The maximum Gasteiger partial charge on any atom is 0.261 e. The van der Waals surface area contributed by atoms with Crippen LogP contribution in [0.2, 0.25) is 0 Å². The van der Waals surface area contributed by atoms with Gasteiger partial charge in [-0.1, -0.05) is 6.07 Å². The van der Waals surface area contributed by atoms with Crippen LogP contribution in [0.25, 0.3) is 10.9 Å². The molecule has 272 valence electrons. The van der Waals surface area contributed by atoms with Crippen LogP contribution in [0.15, 0.2) is 59.4 Å². The first kappa shape index (κ1) is 34.1. The molecule has 4 aliphatic rings. The average molecular weight is 710 g/mol. The fraction of sp³-hybridized carbons (Fsp3) is 0.436. The van der Waals surface area contributed by atoms with Gasteiger partial charge in [0, 0.05) is 51.4 Å². The van der Waals surface area contributed by atoms with Crippen LogP contribution in [0.4, 0.5) is 5.69 Å². The van der Waals surface area contributed by atoms with Crippen LogP contribution in [0.1, 0.15) is 38.5 Å². The number of amides is 2. The van der Waals surface area contributed by atoms with Crippen LogP contribution in [0, 0.1) is 0 Å². The predicted molar refractivity (Wildman–Crippen MR) is 193 cm³/mol. The minimum Gasteiger partial charge on any atom is -0.493 e. The lowest BCUT2D eigenvalue weighted by molar-refractivity contribution is 0.0322. The van der Waals surface area contributed by atoms with Crippen LogP contribution in [0.5, 0.6) is 17.2 Å². The number of methoxy groups -OCH3 is 2. The molecule has 0 radical (unpaired) electrons. The zero-order valence-corrected chi connectivity index (χ0v) is 29.5. The van der Waals surface area contributed by atoms with Crippen molar-refractivity contribution in [2.45, 2.75) is 38.0 Å². The molecule has 2 bridgehead atoms. The summed E-state index contributed by atoms with van der Waals surface area (Å²) >= 11 is 0. The Hall–Kier alpha value is -4.98. The first-order valence-corrected chi connectivity index (χ1v) is 18.0. The van der Waals surface area contributed by atoms with Gasteiger partial charge >= 0.3 is 0 Å². The lowest BCUT2D eigenvalue weighted by Crippen LogP contribution is -2.38. The first-order chi connectivity index (χ1) is 25.4. The zero-order chi connectivity index (χ0) is 35.8. The van der Waals surface area contributed by atoms with Gasteiger partial charge in [0.1, 0.15) is 18.2 Å². The van der Waals surface area contributed by atoms with E-state index >= 15 is 0 Å². The number of ether oxygens (including phenoxy) is 5. The van der Waals surface area contributed by atoms with E-state index in [-0.39, 0.29) is 36.4 Å². The quantitative estimate of drug-likeness (QED) is 0.190. The van der Waals surface area contributed by atoms with Crippen molar-refractivity contribution in [3.63, 3.8) is 0 Å². The third-order valence-corrected chi connectivity index (χ3v) is 10.6. The fourth-order valence-corrected chi connectivity index (χ4v) is 7.74. The number of benzene rings is 3. The second kappa shape index (κ2) is 14.6. The molecule has 3 aromatic carbocycles. The number of aromatic nitrogens is 2. The summed E-state index contributed by atoms with van der Waals surface area (Å²) in [6.45, 7) is 6.29. The molecule has 0 N–H and O–H groups in total. The monoisotopic (exact) mass is 709 g/mol. The van der Waals surface area contributed by atoms with Gasteiger partial charge in [0.05, 0.1) is 68.2 Å². The third kappa shape index (κ3) is 6.59. The van der Waals surface area contributed by atoms with Crippen LogP contribution >= 0.6 is 0 Å². The minimum absolute atomic E-state index is 0.0702. The molecule has 4 aromatic rings. The van der Waals surface area contributed by atoms with Gasteiger partial charge in [-0.25, -0.2) is 4.98 Å². The summed E-state index contributed by atoms with van der Waals surface area (Å²) in [5.41, 5.74) is 3.05. The molecule has 52 heavy (non-hydrogen) atoms. The topological polar surface area (TPSA) is 125 Å². The molecule has 8 rings (SSSR count). The molecule has 13 nitrogen and oxygen atoms in total. The van der Waals surface area contributed by atoms with Crippen LogP contribution in [0.3, 0.4) is 0 Å². The predicted octanol–water partition coefficient (Wildman–Crippen LogP) is 3.18. The number of nitrogens with zero attached hydrogens (tertiary/aromatic N) is 5. The van der Waals surface area contributed by atoms with Crippen molar-refractivity contribution in [2.75, 3.05) is 78.3 Å². The number of aryl methyl sites for hydroxylation is 1. The standard InChI is InChI=1S/C39H43N5O8/c1-48-34-8-3-25(19-35(34)49-2)9-11-42-36(40-33-21-26(4-6-31(33)38(42)46)44-23-29-20-27(44)24-52-29)10-12-43-37(45)30-7-5-28(22-32(30)39(43)47)51-18-15-41-13-16-50-17-14-41/h3-8,19,21-22,27,29H,9-18,20,23-24H2,1-2H3. The van der Waals surface area contributed by atoms with Gasteiger partial charge in [0.15, 0.2) is 11.5 Å². The van der Waals surface area contributed by atoms with Gasteiger partial charge in [-0.2, -0.15) is 0 Å². The van der Waals surface area contributed by atoms with Gasteiger partial charge in [-0.05, 0) is 66.9 Å². The highest BCUT2D eigenvalue weighted by atomic mass is 16.5. The molecule has 2 amide bonds. The highest BCUT2D eigenvalue weighted by Gasteiger charge is 2.39. The molecule has 13 heteroatoms. The number of anilines is 1. The van der Waals surface area contributed by atoms with Crippen LogP contribution < -0.4 is 24.7 Å². The largest absolute Gasteiger partial charge is 0.493 e. The summed E-state index contributed by atoms with van der Waals surface area (Å²) in [4.78, 5) is 52.2. The Kier molecular flexibility index (Phi) is 9.56. The molecule has 0 aliphatic carbocycles. The number of carbonyl (C=O) groups excluding carboxylic acids is 2. The summed E-state index contributed by atoms with van der Waals surface area (Å²) in [5, 5.41) is 0.516. The average Bonchev–Trinajstić information content (AvgIpc) is 3.88. The van der Waals surface area contributed by atoms with E-state index in [2.05, 4.69) is 9.80 Å². The van der Waals surface area contributed by atoms with E-state index in [1.54, 1.807) is 37.0 Å². The molecule has 4 aliphatic heterocycles. The van der Waals surface area contributed by atoms with Gasteiger partial charge < -0.3 is 28.6 Å². The van der Waals surface area contributed by atoms with E-state index in [9.17, 15) is 14.4 Å². The molecule has 0 saturated carbocycles. The second-order valence-corrected chi connectivity index (χ2v) is 13.6. The van der Waals surface area contributed by atoms with Gasteiger partial charge in [-0.15, -0.1) is 0 Å². The molecular weight excluding hydrogens is 666 g/mol. The number of rotatable bonds is 13. The maximum atomic E-state index is 14.2. The van der Waals surface area contributed by atoms with E-state index in [1.807, 2.05) is 36.4 Å². The van der Waals surface area contributed by atoms with E-state index in [0.717, 1.165) is 43.9 Å². The third-order valence-electron chi connectivity index (χ3n) is 10.6. The minimum atomic E-state index is -0.382. The molecule has 3 saturated heterocycles. The van der Waals surface area contributed by atoms with E-state index in [0.29, 0.717) is 90.5 Å². The molecule has 1 aromatic heterocycles. The molecule has 2 unspecified atom stereocenters. The van der Waals surface area contributed by atoms with Crippen molar-refractivity contribution in [1.82, 2.24) is 19.4 Å². The summed E-state index contributed by atoms with van der Waals surface area (Å²) in [5.74, 6) is 1.53. The molecular formula is C39H43N5O8. The van der Waals surface area contributed by atoms with Crippen LogP contribution in [-0.4, -0.2) is 117 Å². The smallest absolute Gasteiger partial charge is 0.261 e. The molecule has 3 fully saturated rings. The van der Waals surface area contributed by atoms with Gasteiger partial charge in [0.2, 0.25) is 0 Å². The molecule has 5 heterocycles. The Morgan fingerprint density at radius 3 is 2.44 bits per heavy atom. The Labute approximate surface area is 301 Å². The van der Waals surface area contributed by atoms with E-state index in [1.165, 1.54) is 4.90 Å². The number of fused-ring (bicyclic) bond motifs is 4. The Balaban J connectivity index is 1.03. The highest BCUT2D eigenvalue weighted by Crippen LogP contribution is 2.34. The molecule has 2 atom stereocenters. The van der Waals surface area contributed by atoms with Gasteiger partial charge in [-0.3, -0.25) is 28.8 Å². The summed E-state index contributed by atoms with van der Waals surface area (Å²) in [6, 6.07) is 16.9. The first-order valence-electron chi connectivity index (χ1n) is 18.0. The van der Waals surface area contributed by atoms with Crippen molar-refractivity contribution in [3.8, 4) is 17.2 Å². The normalized spacial score (nSPS) is 19.9. The zero-order valence-electron chi connectivity index (χ0n) is 29.5. The van der Waals surface area contributed by atoms with Crippen molar-refractivity contribution >= 4 is 28.4 Å². The lowest BCUT2D eigenvalue weighted by Gasteiger charge is -2.29. The summed E-state index contributed by atoms with van der Waals surface area (Å²) in [7, 11) is 3.18. The van der Waals surface area contributed by atoms with Crippen molar-refractivity contribution < 1.29 is 33.3 Å². The SMILES string of the molecule is COc1ccc(CCn2c(CCN3C(=O)c4ccc(OCCN5CCOCC5)cc4C3=O)nc3cc(N4CC5CC4CO5)ccc3c2=O)cc1OC. The van der Waals surface area contributed by atoms with Crippen molar-refractivity contribution in [2.24, 2.45) is 0 Å². The number of hydrogen-bond acceptors (Lipinski definition) is 11. The lowest BCUT2D eigenvalue weighted by atomic mass is 10.1. The number of carbonyl (C=O) groups is 2. The highest BCUT2D eigenvalue weighted by molar-refractivity contribution is 6.21. The Morgan fingerprint density at radius 2 is 1.67 bits per heavy atom. The number of morpholine rings is 2. The number of imide groups is 1. The summed E-state index contributed by atoms with van der Waals surface area (Å²) < 4.78 is 29.8. The van der Waals surface area contributed by atoms with Gasteiger partial charge in [0.25, 0.3) is 17.4 Å². The Morgan fingerprint density at radius 1 is 0.846 bits per heavy atom. The van der Waals surface area contributed by atoms with Crippen LogP contribution in [-0.2, 0) is 28.9 Å². The summed E-state index contributed by atoms with van der Waals surface area (Å²) in [6.07, 6.45) is 1.96. The molecule has 0 spiro atoms. The van der Waals surface area contributed by atoms with Crippen molar-refractivity contribution in [1.29, 1.82) is 0 Å². The number of hydrogen-bond donors (Lipinski definition) is 0. The van der Waals surface area contributed by atoms with E-state index < -0.39 is 0 Å². The second-order valence-electron chi connectivity index (χ2n) is 13.6. The Bertz CT molecular complexity index is 2060. The fourth-order valence-electron chi connectivity index (χ4n) is 7.74. The van der Waals surface area contributed by atoms with E-state index in [4.69, 9.17) is 28.7 Å².